The van der Waals surface area contributed by atoms with Gasteiger partial charge in [0.1, 0.15) is 5.75 Å². The molecule has 0 unspecified atom stereocenters. The van der Waals surface area contributed by atoms with Gasteiger partial charge in [-0.05, 0) is 38.5 Å². The summed E-state index contributed by atoms with van der Waals surface area (Å²) in [7, 11) is 0. The lowest BCUT2D eigenvalue weighted by Gasteiger charge is -2.24. The molecule has 1 aromatic carbocycles. The van der Waals surface area contributed by atoms with Crippen LogP contribution in [-0.2, 0) is 16.1 Å². The fraction of sp³-hybridized carbons (Fsp3) is 0.462. The van der Waals surface area contributed by atoms with Crippen LogP contribution in [0.1, 0.15) is 26.3 Å². The molecule has 0 aliphatic heterocycles. The standard InChI is InChI=1S/C13H19NO3/c1-4-16-12(15)13(2,3)17-11-7-5-10(9-14)6-8-11/h5-8H,4,9,14H2,1-3H3. The van der Waals surface area contributed by atoms with E-state index >= 15 is 0 Å². The quantitative estimate of drug-likeness (QED) is 0.794. The summed E-state index contributed by atoms with van der Waals surface area (Å²) in [5, 5.41) is 0. The number of nitrogens with two attached hydrogens (primary N) is 1. The van der Waals surface area contributed by atoms with E-state index in [4.69, 9.17) is 15.2 Å². The van der Waals surface area contributed by atoms with Gasteiger partial charge in [-0.3, -0.25) is 0 Å². The largest absolute Gasteiger partial charge is 0.476 e. The number of carbonyl (C=O) groups excluding carboxylic acids is 1. The second-order valence-corrected chi connectivity index (χ2v) is 4.18. The van der Waals surface area contributed by atoms with E-state index in [0.29, 0.717) is 18.9 Å². The Morgan fingerprint density at radius 2 is 1.88 bits per heavy atom. The molecule has 0 saturated carbocycles. The molecule has 0 aromatic heterocycles. The Morgan fingerprint density at radius 1 is 1.29 bits per heavy atom. The Balaban J connectivity index is 2.71. The highest BCUT2D eigenvalue weighted by molar-refractivity contribution is 5.79. The van der Waals surface area contributed by atoms with Crippen molar-refractivity contribution in [2.75, 3.05) is 6.61 Å². The van der Waals surface area contributed by atoms with Gasteiger partial charge in [0.2, 0.25) is 0 Å². The molecule has 0 radical (unpaired) electrons. The van der Waals surface area contributed by atoms with Crippen molar-refractivity contribution in [2.45, 2.75) is 32.9 Å². The summed E-state index contributed by atoms with van der Waals surface area (Å²) in [5.74, 6) is 0.253. The molecule has 0 aliphatic rings. The first kappa shape index (κ1) is 13.5. The van der Waals surface area contributed by atoms with Crippen LogP contribution in [0.3, 0.4) is 0 Å². The molecule has 0 amide bonds. The number of carbonyl (C=O) groups is 1. The molecule has 1 aromatic rings. The molecule has 0 spiro atoms. The number of hydrogen-bond acceptors (Lipinski definition) is 4. The van der Waals surface area contributed by atoms with Gasteiger partial charge in [-0.1, -0.05) is 12.1 Å². The van der Waals surface area contributed by atoms with Crippen LogP contribution in [0.2, 0.25) is 0 Å². The third-order valence-electron chi connectivity index (χ3n) is 2.30. The first-order valence-corrected chi connectivity index (χ1v) is 5.65. The Morgan fingerprint density at radius 3 is 2.35 bits per heavy atom. The predicted molar refractivity (Wildman–Crippen MR) is 65.7 cm³/mol. The van der Waals surface area contributed by atoms with Crippen molar-refractivity contribution in [1.29, 1.82) is 0 Å². The molecule has 0 saturated heterocycles. The van der Waals surface area contributed by atoms with E-state index in [1.54, 1.807) is 32.9 Å². The predicted octanol–water partition coefficient (Wildman–Crippen LogP) is 1.87. The van der Waals surface area contributed by atoms with Crippen LogP contribution < -0.4 is 10.5 Å². The second kappa shape index (κ2) is 5.68. The lowest BCUT2D eigenvalue weighted by molar-refractivity contribution is -0.158. The highest BCUT2D eigenvalue weighted by Crippen LogP contribution is 2.20. The summed E-state index contributed by atoms with van der Waals surface area (Å²) >= 11 is 0. The zero-order chi connectivity index (χ0) is 12.9. The van der Waals surface area contributed by atoms with Crippen molar-refractivity contribution in [3.63, 3.8) is 0 Å². The fourth-order valence-corrected chi connectivity index (χ4v) is 1.33. The summed E-state index contributed by atoms with van der Waals surface area (Å²) in [5.41, 5.74) is 5.53. The van der Waals surface area contributed by atoms with E-state index in [1.165, 1.54) is 0 Å². The molecule has 4 heteroatoms. The van der Waals surface area contributed by atoms with Crippen LogP contribution in [0.5, 0.6) is 5.75 Å². The first-order valence-electron chi connectivity index (χ1n) is 5.65. The van der Waals surface area contributed by atoms with Gasteiger partial charge in [0.25, 0.3) is 0 Å². The molecule has 17 heavy (non-hydrogen) atoms. The Hall–Kier alpha value is -1.55. The van der Waals surface area contributed by atoms with Gasteiger partial charge in [0.15, 0.2) is 5.60 Å². The van der Waals surface area contributed by atoms with Gasteiger partial charge in [-0.2, -0.15) is 0 Å². The molecule has 0 heterocycles. The first-order chi connectivity index (χ1) is 7.99. The maximum Gasteiger partial charge on any atom is 0.349 e. The van der Waals surface area contributed by atoms with E-state index in [9.17, 15) is 4.79 Å². The Bertz CT molecular complexity index is 371. The average molecular weight is 237 g/mol. The Labute approximate surface area is 102 Å². The zero-order valence-electron chi connectivity index (χ0n) is 10.5. The second-order valence-electron chi connectivity index (χ2n) is 4.18. The van der Waals surface area contributed by atoms with Gasteiger partial charge in [-0.15, -0.1) is 0 Å². The maximum absolute atomic E-state index is 11.6. The Kier molecular flexibility index (Phi) is 4.52. The van der Waals surface area contributed by atoms with Crippen molar-refractivity contribution >= 4 is 5.97 Å². The minimum Gasteiger partial charge on any atom is -0.476 e. The summed E-state index contributed by atoms with van der Waals surface area (Å²) in [6, 6.07) is 7.33. The lowest BCUT2D eigenvalue weighted by Crippen LogP contribution is -2.39. The number of esters is 1. The minimum atomic E-state index is -0.986. The number of ether oxygens (including phenoxy) is 2. The van der Waals surface area contributed by atoms with E-state index in [-0.39, 0.29) is 5.97 Å². The third kappa shape index (κ3) is 3.75. The van der Waals surface area contributed by atoms with Crippen LogP contribution >= 0.6 is 0 Å². The molecule has 0 aliphatic carbocycles. The molecule has 0 bridgehead atoms. The van der Waals surface area contributed by atoms with Crippen molar-refractivity contribution in [2.24, 2.45) is 5.73 Å². The van der Waals surface area contributed by atoms with E-state index in [1.807, 2.05) is 12.1 Å². The molecular formula is C13H19NO3. The number of hydrogen-bond donors (Lipinski definition) is 1. The van der Waals surface area contributed by atoms with Gasteiger partial charge in [0.05, 0.1) is 6.61 Å². The summed E-state index contributed by atoms with van der Waals surface area (Å²) < 4.78 is 10.5. The van der Waals surface area contributed by atoms with Crippen molar-refractivity contribution < 1.29 is 14.3 Å². The third-order valence-corrected chi connectivity index (χ3v) is 2.30. The summed E-state index contributed by atoms with van der Waals surface area (Å²) in [6.45, 7) is 5.97. The lowest BCUT2D eigenvalue weighted by atomic mass is 10.1. The minimum absolute atomic E-state index is 0.345. The van der Waals surface area contributed by atoms with E-state index in [0.717, 1.165) is 5.56 Å². The monoisotopic (exact) mass is 237 g/mol. The van der Waals surface area contributed by atoms with Crippen LogP contribution in [-0.4, -0.2) is 18.2 Å². The van der Waals surface area contributed by atoms with Gasteiger partial charge in [-0.25, -0.2) is 4.79 Å². The number of benzene rings is 1. The van der Waals surface area contributed by atoms with Crippen LogP contribution in [0.25, 0.3) is 0 Å². The fourth-order valence-electron chi connectivity index (χ4n) is 1.33. The molecule has 1 rings (SSSR count). The molecule has 2 N–H and O–H groups in total. The molecule has 94 valence electrons. The molecular weight excluding hydrogens is 218 g/mol. The smallest absolute Gasteiger partial charge is 0.349 e. The van der Waals surface area contributed by atoms with Crippen LogP contribution in [0.15, 0.2) is 24.3 Å². The maximum atomic E-state index is 11.6. The normalized spacial score (nSPS) is 11.1. The van der Waals surface area contributed by atoms with Crippen molar-refractivity contribution in [3.8, 4) is 5.75 Å². The topological polar surface area (TPSA) is 61.5 Å². The molecule has 0 atom stereocenters. The highest BCUT2D eigenvalue weighted by atomic mass is 16.6. The SMILES string of the molecule is CCOC(=O)C(C)(C)Oc1ccc(CN)cc1. The van der Waals surface area contributed by atoms with Crippen LogP contribution in [0.4, 0.5) is 0 Å². The van der Waals surface area contributed by atoms with Gasteiger partial charge >= 0.3 is 5.97 Å². The molecule has 4 nitrogen and oxygen atoms in total. The van der Waals surface area contributed by atoms with E-state index < -0.39 is 5.60 Å². The average Bonchev–Trinajstić information content (AvgIpc) is 2.30. The summed E-state index contributed by atoms with van der Waals surface area (Å²) in [4.78, 5) is 11.6. The van der Waals surface area contributed by atoms with Gasteiger partial charge in [0, 0.05) is 6.54 Å². The molecule has 0 fully saturated rings. The van der Waals surface area contributed by atoms with E-state index in [2.05, 4.69) is 0 Å². The van der Waals surface area contributed by atoms with Crippen LogP contribution in [0, 0.1) is 0 Å². The summed E-state index contributed by atoms with van der Waals surface area (Å²) in [6.07, 6.45) is 0. The number of rotatable bonds is 5. The van der Waals surface area contributed by atoms with Crippen molar-refractivity contribution in [1.82, 2.24) is 0 Å². The van der Waals surface area contributed by atoms with Crippen molar-refractivity contribution in [3.05, 3.63) is 29.8 Å². The highest BCUT2D eigenvalue weighted by Gasteiger charge is 2.31. The van der Waals surface area contributed by atoms with Gasteiger partial charge < -0.3 is 15.2 Å². The zero-order valence-corrected chi connectivity index (χ0v) is 10.5.